The van der Waals surface area contributed by atoms with Gasteiger partial charge in [0.05, 0.1) is 25.4 Å². The molecule has 0 aliphatic carbocycles. The van der Waals surface area contributed by atoms with E-state index in [2.05, 4.69) is 42.6 Å². The van der Waals surface area contributed by atoms with Crippen LogP contribution in [0.25, 0.3) is 0 Å². The molecule has 1 aliphatic rings. The SMILES string of the molecule is C/C=C/CC/C=C/CC/C=C/C(O)C(COC1OC(CO)C(O)C(O)C1O)NC(=O)CCCCCCCCCCCCCCCCCCCCCCCCC/C=C\CCCCCCCCCC. The number of nitrogens with one attached hydrogen (secondary N) is 1. The number of carbonyl (C=O) groups is 1. The fourth-order valence-corrected chi connectivity index (χ4v) is 8.96. The zero-order chi connectivity index (χ0) is 48.7. The molecule has 9 nitrogen and oxygen atoms in total. The molecule has 0 aromatic heterocycles. The van der Waals surface area contributed by atoms with Crippen LogP contribution >= 0.6 is 0 Å². The number of ether oxygens (including phenoxy) is 2. The summed E-state index contributed by atoms with van der Waals surface area (Å²) >= 11 is 0. The van der Waals surface area contributed by atoms with Crippen LogP contribution in [0.2, 0.25) is 0 Å². The second-order valence-electron chi connectivity index (χ2n) is 19.7. The Morgan fingerprint density at radius 2 is 0.910 bits per heavy atom. The molecule has 9 heteroatoms. The molecule has 67 heavy (non-hydrogen) atoms. The molecular formula is C58H107NO8. The van der Waals surface area contributed by atoms with Gasteiger partial charge in [-0.2, -0.15) is 0 Å². The molecule has 1 aliphatic heterocycles. The Hall–Kier alpha value is -1.85. The van der Waals surface area contributed by atoms with E-state index in [1.165, 1.54) is 193 Å². The van der Waals surface area contributed by atoms with Crippen molar-refractivity contribution in [3.05, 3.63) is 48.6 Å². The fourth-order valence-electron chi connectivity index (χ4n) is 8.96. The first-order valence-electron chi connectivity index (χ1n) is 28.3. The minimum absolute atomic E-state index is 0.191. The number of unbranched alkanes of at least 4 members (excludes halogenated alkanes) is 33. The van der Waals surface area contributed by atoms with E-state index >= 15 is 0 Å². The number of aliphatic hydroxyl groups is 5. The number of aliphatic hydroxyl groups excluding tert-OH is 5. The van der Waals surface area contributed by atoms with Crippen LogP contribution in [0.4, 0.5) is 0 Å². The number of hydrogen-bond acceptors (Lipinski definition) is 8. The van der Waals surface area contributed by atoms with Crippen molar-refractivity contribution >= 4 is 5.91 Å². The fraction of sp³-hybridized carbons (Fsp3) is 0.845. The zero-order valence-electron chi connectivity index (χ0n) is 43.4. The number of amides is 1. The highest BCUT2D eigenvalue weighted by atomic mass is 16.7. The molecule has 0 saturated carbocycles. The van der Waals surface area contributed by atoms with E-state index in [1.54, 1.807) is 6.08 Å². The van der Waals surface area contributed by atoms with Crippen LogP contribution in [-0.2, 0) is 14.3 Å². The quantitative estimate of drug-likeness (QED) is 0.0261. The average molecular weight is 946 g/mol. The number of allylic oxidation sites excluding steroid dienone is 7. The summed E-state index contributed by atoms with van der Waals surface area (Å²) in [5.74, 6) is -0.191. The normalized spacial score (nSPS) is 20.0. The van der Waals surface area contributed by atoms with E-state index in [0.717, 1.165) is 44.9 Å². The second kappa shape index (κ2) is 47.8. The first kappa shape index (κ1) is 63.2. The van der Waals surface area contributed by atoms with Crippen molar-refractivity contribution in [2.24, 2.45) is 0 Å². The molecular weight excluding hydrogens is 839 g/mol. The maximum atomic E-state index is 13.0. The van der Waals surface area contributed by atoms with Gasteiger partial charge < -0.3 is 40.3 Å². The molecule has 0 bridgehead atoms. The van der Waals surface area contributed by atoms with Gasteiger partial charge in [0.2, 0.25) is 5.91 Å². The van der Waals surface area contributed by atoms with Gasteiger partial charge in [0, 0.05) is 6.42 Å². The summed E-state index contributed by atoms with van der Waals surface area (Å²) in [6, 6.07) is -0.825. The summed E-state index contributed by atoms with van der Waals surface area (Å²) < 4.78 is 11.2. The lowest BCUT2D eigenvalue weighted by Crippen LogP contribution is -2.60. The van der Waals surface area contributed by atoms with Crippen LogP contribution in [0.15, 0.2) is 48.6 Å². The summed E-state index contributed by atoms with van der Waals surface area (Å²) in [6.07, 6.45) is 56.7. The predicted octanol–water partition coefficient (Wildman–Crippen LogP) is 13.7. The lowest BCUT2D eigenvalue weighted by atomic mass is 9.99. The summed E-state index contributed by atoms with van der Waals surface area (Å²) in [5, 5.41) is 54.1. The summed E-state index contributed by atoms with van der Waals surface area (Å²) in [4.78, 5) is 13.0. The Balaban J connectivity index is 2.03. The van der Waals surface area contributed by atoms with Gasteiger partial charge in [0.15, 0.2) is 6.29 Å². The number of rotatable bonds is 48. The van der Waals surface area contributed by atoms with Crippen molar-refractivity contribution < 1.29 is 39.8 Å². The molecule has 1 fully saturated rings. The van der Waals surface area contributed by atoms with E-state index in [-0.39, 0.29) is 12.5 Å². The van der Waals surface area contributed by atoms with Gasteiger partial charge in [-0.25, -0.2) is 0 Å². The minimum Gasteiger partial charge on any atom is -0.394 e. The number of carbonyl (C=O) groups excluding carboxylic acids is 1. The largest absolute Gasteiger partial charge is 0.394 e. The molecule has 1 heterocycles. The van der Waals surface area contributed by atoms with Crippen LogP contribution in [0.3, 0.4) is 0 Å². The Labute approximate surface area is 412 Å². The van der Waals surface area contributed by atoms with Gasteiger partial charge in [-0.05, 0) is 64.7 Å². The van der Waals surface area contributed by atoms with Crippen LogP contribution < -0.4 is 5.32 Å². The van der Waals surface area contributed by atoms with Gasteiger partial charge in [-0.1, -0.05) is 235 Å². The highest BCUT2D eigenvalue weighted by Gasteiger charge is 2.44. The third-order valence-electron chi connectivity index (χ3n) is 13.4. The lowest BCUT2D eigenvalue weighted by Gasteiger charge is -2.40. The maximum absolute atomic E-state index is 13.0. The number of hydrogen-bond donors (Lipinski definition) is 6. The molecule has 0 aromatic carbocycles. The monoisotopic (exact) mass is 946 g/mol. The molecule has 7 atom stereocenters. The van der Waals surface area contributed by atoms with E-state index in [9.17, 15) is 30.3 Å². The highest BCUT2D eigenvalue weighted by molar-refractivity contribution is 5.76. The lowest BCUT2D eigenvalue weighted by molar-refractivity contribution is -0.302. The van der Waals surface area contributed by atoms with Crippen molar-refractivity contribution in [2.75, 3.05) is 13.2 Å². The Morgan fingerprint density at radius 1 is 0.522 bits per heavy atom. The third kappa shape index (κ3) is 37.6. The highest BCUT2D eigenvalue weighted by Crippen LogP contribution is 2.23. The molecule has 6 N–H and O–H groups in total. The van der Waals surface area contributed by atoms with Gasteiger partial charge in [0.25, 0.3) is 0 Å². The second-order valence-corrected chi connectivity index (χ2v) is 19.7. The third-order valence-corrected chi connectivity index (χ3v) is 13.4. The van der Waals surface area contributed by atoms with Crippen molar-refractivity contribution in [3.8, 4) is 0 Å². The molecule has 1 amide bonds. The van der Waals surface area contributed by atoms with Crippen LogP contribution in [0.1, 0.15) is 258 Å². The Morgan fingerprint density at radius 3 is 1.34 bits per heavy atom. The van der Waals surface area contributed by atoms with Crippen molar-refractivity contribution in [1.82, 2.24) is 5.32 Å². The molecule has 7 unspecified atom stereocenters. The zero-order valence-corrected chi connectivity index (χ0v) is 43.4. The van der Waals surface area contributed by atoms with E-state index in [4.69, 9.17) is 9.47 Å². The van der Waals surface area contributed by atoms with E-state index < -0.39 is 49.5 Å². The van der Waals surface area contributed by atoms with Crippen LogP contribution in [-0.4, -0.2) is 87.5 Å². The molecule has 0 aromatic rings. The van der Waals surface area contributed by atoms with E-state index in [0.29, 0.717) is 6.42 Å². The van der Waals surface area contributed by atoms with Crippen molar-refractivity contribution in [2.45, 2.75) is 301 Å². The van der Waals surface area contributed by atoms with Gasteiger partial charge >= 0.3 is 0 Å². The smallest absolute Gasteiger partial charge is 0.220 e. The summed E-state index contributed by atoms with van der Waals surface area (Å²) in [6.45, 7) is 3.53. The average Bonchev–Trinajstić information content (AvgIpc) is 3.33. The summed E-state index contributed by atoms with van der Waals surface area (Å²) in [5.41, 5.74) is 0. The summed E-state index contributed by atoms with van der Waals surface area (Å²) in [7, 11) is 0. The predicted molar refractivity (Wildman–Crippen MR) is 281 cm³/mol. The van der Waals surface area contributed by atoms with E-state index in [1.807, 2.05) is 19.1 Å². The van der Waals surface area contributed by atoms with Gasteiger partial charge in [-0.3, -0.25) is 4.79 Å². The molecule has 392 valence electrons. The maximum Gasteiger partial charge on any atom is 0.220 e. The van der Waals surface area contributed by atoms with Gasteiger partial charge in [-0.15, -0.1) is 0 Å². The van der Waals surface area contributed by atoms with Crippen LogP contribution in [0.5, 0.6) is 0 Å². The Kier molecular flexibility index (Phi) is 45.1. The van der Waals surface area contributed by atoms with Crippen molar-refractivity contribution in [1.29, 1.82) is 0 Å². The van der Waals surface area contributed by atoms with Crippen molar-refractivity contribution in [3.63, 3.8) is 0 Å². The molecule has 0 radical (unpaired) electrons. The topological polar surface area (TPSA) is 149 Å². The Bertz CT molecular complexity index is 1190. The molecule has 1 rings (SSSR count). The molecule has 1 saturated heterocycles. The standard InChI is InChI=1S/C58H107NO8/c1-3-5-7-9-11-13-14-15-16-17-18-19-20-21-22-23-24-25-26-27-28-29-30-31-32-33-34-35-36-37-38-40-42-44-46-48-54(62)59-51(52(61)47-45-43-41-39-12-10-8-6-4-2)50-66-58-57(65)56(64)55(63)53(49-60)67-58/h4,6,12,17-18,39,45,47,51-53,55-58,60-61,63-65H,3,5,7-11,13-16,19-38,40-44,46,48-50H2,1-2H3,(H,59,62)/b6-4+,18-17-,39-12+,47-45+. The first-order valence-corrected chi connectivity index (χ1v) is 28.3. The van der Waals surface area contributed by atoms with Gasteiger partial charge in [0.1, 0.15) is 24.4 Å². The molecule has 0 spiro atoms. The van der Waals surface area contributed by atoms with Crippen LogP contribution in [0, 0.1) is 0 Å². The minimum atomic E-state index is -1.57. The first-order chi connectivity index (χ1) is 32.8.